The first-order chi connectivity index (χ1) is 34.0. The molecule has 0 aromatic carbocycles. The first-order valence-electron chi connectivity index (χ1n) is 28.4. The maximum absolute atomic E-state index is 12.8. The first kappa shape index (κ1) is 65.1. The normalized spacial score (nSPS) is 12.9. The summed E-state index contributed by atoms with van der Waals surface area (Å²) in [6.45, 7) is 6.42. The van der Waals surface area contributed by atoms with E-state index in [0.29, 0.717) is 19.3 Å². The molecule has 0 fully saturated rings. The number of hydrogen-bond acceptors (Lipinski definition) is 6. The highest BCUT2D eigenvalue weighted by atomic mass is 16.6. The molecule has 0 saturated carbocycles. The fourth-order valence-electron chi connectivity index (χ4n) is 7.48. The molecule has 0 aliphatic rings. The van der Waals surface area contributed by atoms with Gasteiger partial charge in [0.15, 0.2) is 6.10 Å². The smallest absolute Gasteiger partial charge is 0.306 e. The van der Waals surface area contributed by atoms with E-state index in [1.165, 1.54) is 103 Å². The van der Waals surface area contributed by atoms with Gasteiger partial charge in [-0.2, -0.15) is 0 Å². The number of ether oxygens (including phenoxy) is 3. The lowest BCUT2D eigenvalue weighted by atomic mass is 10.1. The van der Waals surface area contributed by atoms with Gasteiger partial charge in [-0.05, 0) is 122 Å². The third-order valence-corrected chi connectivity index (χ3v) is 11.7. The topological polar surface area (TPSA) is 78.9 Å². The summed E-state index contributed by atoms with van der Waals surface area (Å²) >= 11 is 0. The monoisotopic (exact) mass is 957 g/mol. The van der Waals surface area contributed by atoms with E-state index >= 15 is 0 Å². The van der Waals surface area contributed by atoms with Crippen LogP contribution in [0.4, 0.5) is 0 Å². The van der Waals surface area contributed by atoms with Crippen LogP contribution in [0.3, 0.4) is 0 Å². The minimum Gasteiger partial charge on any atom is -0.462 e. The maximum Gasteiger partial charge on any atom is 0.306 e. The molecule has 0 rings (SSSR count). The lowest BCUT2D eigenvalue weighted by molar-refractivity contribution is -0.167. The largest absolute Gasteiger partial charge is 0.462 e. The minimum absolute atomic E-state index is 0.108. The van der Waals surface area contributed by atoms with E-state index in [2.05, 4.69) is 130 Å². The number of carbonyl (C=O) groups is 3. The number of esters is 3. The molecule has 0 aromatic rings. The molecular weight excluding hydrogens is 853 g/mol. The number of rotatable bonds is 50. The molecule has 0 saturated heterocycles. The molecule has 0 aliphatic carbocycles. The molecular formula is C63H104O6. The van der Waals surface area contributed by atoms with Gasteiger partial charge in [0.2, 0.25) is 0 Å². The molecule has 0 radical (unpaired) electrons. The van der Waals surface area contributed by atoms with Crippen molar-refractivity contribution in [2.75, 3.05) is 13.2 Å². The van der Waals surface area contributed by atoms with Crippen molar-refractivity contribution in [3.63, 3.8) is 0 Å². The van der Waals surface area contributed by atoms with Crippen LogP contribution in [-0.2, 0) is 28.6 Å². The number of carbonyl (C=O) groups excluding carboxylic acids is 3. The second-order valence-electron chi connectivity index (χ2n) is 18.5. The van der Waals surface area contributed by atoms with Crippen molar-refractivity contribution in [3.8, 4) is 0 Å². The van der Waals surface area contributed by atoms with E-state index < -0.39 is 6.10 Å². The Kier molecular flexibility index (Phi) is 53.4. The van der Waals surface area contributed by atoms with E-state index in [1.54, 1.807) is 0 Å². The van der Waals surface area contributed by atoms with Crippen molar-refractivity contribution in [2.45, 2.75) is 258 Å². The fourth-order valence-corrected chi connectivity index (χ4v) is 7.48. The standard InChI is InChI=1S/C63H104O6/c1-4-7-10-13-16-19-22-25-28-30-31-33-35-38-41-44-47-50-53-56-62(65)68-59-60(58-67-61(64)55-52-49-46-43-40-37-34-27-24-21-18-15-12-9-6-3)69-63(66)57-54-51-48-45-42-39-36-32-29-26-23-20-17-14-11-8-5-2/h7,10,16-17,19-21,24-26,28-29,31,33,36,39,45,48,60H,4-6,8-9,11-15,18,22-23,27,30,32,34-35,37-38,40-44,46-47,49-59H2,1-3H3/b10-7-,19-16-,20-17-,24-21-,28-25-,29-26-,33-31-,39-36-,48-45-. The summed E-state index contributed by atoms with van der Waals surface area (Å²) in [5.41, 5.74) is 0. The predicted molar refractivity (Wildman–Crippen MR) is 297 cm³/mol. The molecule has 392 valence electrons. The molecule has 6 nitrogen and oxygen atoms in total. The minimum atomic E-state index is -0.817. The van der Waals surface area contributed by atoms with Crippen molar-refractivity contribution in [2.24, 2.45) is 0 Å². The predicted octanol–water partition coefficient (Wildman–Crippen LogP) is 19.1. The van der Waals surface area contributed by atoms with Gasteiger partial charge in [0.05, 0.1) is 0 Å². The van der Waals surface area contributed by atoms with Crippen LogP contribution in [0.15, 0.2) is 109 Å². The molecule has 6 heteroatoms. The highest BCUT2D eigenvalue weighted by molar-refractivity contribution is 5.71. The van der Waals surface area contributed by atoms with Crippen LogP contribution in [0.1, 0.15) is 252 Å². The van der Waals surface area contributed by atoms with Gasteiger partial charge in [0, 0.05) is 19.3 Å². The molecule has 0 heterocycles. The number of hydrogen-bond donors (Lipinski definition) is 0. The third kappa shape index (κ3) is 54.9. The van der Waals surface area contributed by atoms with Gasteiger partial charge >= 0.3 is 17.9 Å². The van der Waals surface area contributed by atoms with Crippen molar-refractivity contribution in [1.29, 1.82) is 0 Å². The summed E-state index contributed by atoms with van der Waals surface area (Å²) in [6, 6.07) is 0. The SMILES string of the molecule is CC/C=C\C/C=C\C/C=C\C/C=C\CCCCCCCCC(=O)OCC(COC(=O)CCCCCCCCC/C=C\CCCCCC)OC(=O)CCC/C=C\C/C=C\C/C=C\C/C=C\CCCCC. The van der Waals surface area contributed by atoms with Gasteiger partial charge in [0.25, 0.3) is 0 Å². The number of unbranched alkanes of at least 4 members (excludes halogenated alkanes) is 21. The molecule has 1 unspecified atom stereocenters. The lowest BCUT2D eigenvalue weighted by Crippen LogP contribution is -2.30. The van der Waals surface area contributed by atoms with E-state index in [9.17, 15) is 14.4 Å². The van der Waals surface area contributed by atoms with E-state index in [1.807, 2.05) is 0 Å². The van der Waals surface area contributed by atoms with Crippen LogP contribution in [0.2, 0.25) is 0 Å². The quantitative estimate of drug-likeness (QED) is 0.0262. The molecule has 69 heavy (non-hydrogen) atoms. The molecule has 1 atom stereocenters. The summed E-state index contributed by atoms with van der Waals surface area (Å²) in [4.78, 5) is 38.1. The summed E-state index contributed by atoms with van der Waals surface area (Å²) in [5.74, 6) is -0.984. The van der Waals surface area contributed by atoms with Gasteiger partial charge in [-0.15, -0.1) is 0 Å². The molecule has 0 amide bonds. The van der Waals surface area contributed by atoms with E-state index in [-0.39, 0.29) is 37.5 Å². The average molecular weight is 958 g/mol. The zero-order chi connectivity index (χ0) is 50.0. The Morgan fingerprint density at radius 3 is 0.971 bits per heavy atom. The fraction of sp³-hybridized carbons (Fsp3) is 0.667. The van der Waals surface area contributed by atoms with Crippen LogP contribution >= 0.6 is 0 Å². The summed E-state index contributed by atoms with van der Waals surface area (Å²) in [7, 11) is 0. The summed E-state index contributed by atoms with van der Waals surface area (Å²) < 4.78 is 16.8. The highest BCUT2D eigenvalue weighted by Gasteiger charge is 2.19. The van der Waals surface area contributed by atoms with Crippen molar-refractivity contribution in [1.82, 2.24) is 0 Å². The van der Waals surface area contributed by atoms with Crippen LogP contribution in [0.25, 0.3) is 0 Å². The zero-order valence-corrected chi connectivity index (χ0v) is 44.8. The molecule has 0 bridgehead atoms. The molecule has 0 aliphatic heterocycles. The second-order valence-corrected chi connectivity index (χ2v) is 18.5. The van der Waals surface area contributed by atoms with Gasteiger partial charge in [-0.1, -0.05) is 220 Å². The zero-order valence-electron chi connectivity index (χ0n) is 44.8. The average Bonchev–Trinajstić information content (AvgIpc) is 3.35. The Balaban J connectivity index is 4.51. The Morgan fingerprint density at radius 2 is 0.580 bits per heavy atom. The molecule has 0 N–H and O–H groups in total. The van der Waals surface area contributed by atoms with E-state index in [0.717, 1.165) is 103 Å². The first-order valence-corrected chi connectivity index (χ1v) is 28.4. The Labute approximate surface area is 425 Å². The van der Waals surface area contributed by atoms with Crippen molar-refractivity contribution in [3.05, 3.63) is 109 Å². The van der Waals surface area contributed by atoms with E-state index in [4.69, 9.17) is 14.2 Å². The lowest BCUT2D eigenvalue weighted by Gasteiger charge is -2.18. The van der Waals surface area contributed by atoms with Crippen molar-refractivity contribution < 1.29 is 28.6 Å². The van der Waals surface area contributed by atoms with Gasteiger partial charge < -0.3 is 14.2 Å². The summed E-state index contributed by atoms with van der Waals surface area (Å²) in [6.07, 6.45) is 76.5. The van der Waals surface area contributed by atoms with Gasteiger partial charge in [-0.25, -0.2) is 0 Å². The van der Waals surface area contributed by atoms with Crippen LogP contribution in [0.5, 0.6) is 0 Å². The summed E-state index contributed by atoms with van der Waals surface area (Å²) in [5, 5.41) is 0. The maximum atomic E-state index is 12.8. The Hall–Kier alpha value is -3.93. The highest BCUT2D eigenvalue weighted by Crippen LogP contribution is 2.14. The Morgan fingerprint density at radius 1 is 0.304 bits per heavy atom. The number of allylic oxidation sites excluding steroid dienone is 18. The molecule has 0 spiro atoms. The van der Waals surface area contributed by atoms with Crippen LogP contribution in [0, 0.1) is 0 Å². The van der Waals surface area contributed by atoms with Crippen molar-refractivity contribution >= 4 is 17.9 Å². The second kappa shape index (κ2) is 56.7. The third-order valence-electron chi connectivity index (χ3n) is 11.7. The van der Waals surface area contributed by atoms with Gasteiger partial charge in [-0.3, -0.25) is 14.4 Å². The van der Waals surface area contributed by atoms with Crippen LogP contribution < -0.4 is 0 Å². The van der Waals surface area contributed by atoms with Gasteiger partial charge in [0.1, 0.15) is 13.2 Å². The Bertz CT molecular complexity index is 1420. The van der Waals surface area contributed by atoms with Crippen LogP contribution in [-0.4, -0.2) is 37.2 Å². The molecule has 0 aromatic heterocycles.